The average Bonchev–Trinajstić information content (AvgIpc) is 2.38. The zero-order valence-corrected chi connectivity index (χ0v) is 10.1. The first kappa shape index (κ1) is 12.2. The second-order valence-electron chi connectivity index (χ2n) is 4.37. The maximum absolute atomic E-state index is 11.8. The number of carbonyl (C=O) groups is 1. The Bertz CT molecular complexity index is 370. The minimum Gasteiger partial charge on any atom is -0.370 e. The lowest BCUT2D eigenvalue weighted by Crippen LogP contribution is -2.33. The van der Waals surface area contributed by atoms with E-state index in [4.69, 9.17) is 4.74 Å². The van der Waals surface area contributed by atoms with Gasteiger partial charge in [0.05, 0.1) is 6.10 Å². The summed E-state index contributed by atoms with van der Waals surface area (Å²) in [5.41, 5.74) is 1.55. The fourth-order valence-electron chi connectivity index (χ4n) is 1.87. The Balaban J connectivity index is 1.82. The SMILES string of the molecule is Cc1ccc(C(=O)COC2CCNCC2)cn1. The van der Waals surface area contributed by atoms with Gasteiger partial charge in [0.25, 0.3) is 0 Å². The number of ketones is 1. The molecule has 4 heteroatoms. The molecule has 0 radical (unpaired) electrons. The van der Waals surface area contributed by atoms with Crippen LogP contribution in [0.3, 0.4) is 0 Å². The number of nitrogens with zero attached hydrogens (tertiary/aromatic N) is 1. The summed E-state index contributed by atoms with van der Waals surface area (Å²) in [4.78, 5) is 15.9. The van der Waals surface area contributed by atoms with Crippen molar-refractivity contribution in [1.29, 1.82) is 0 Å². The second-order valence-corrected chi connectivity index (χ2v) is 4.37. The van der Waals surface area contributed by atoms with Crippen LogP contribution in [0.5, 0.6) is 0 Å². The highest BCUT2D eigenvalue weighted by atomic mass is 16.5. The minimum atomic E-state index is 0.0102. The molecule has 1 aliphatic heterocycles. The number of hydrogen-bond acceptors (Lipinski definition) is 4. The molecule has 1 saturated heterocycles. The van der Waals surface area contributed by atoms with Crippen molar-refractivity contribution in [3.63, 3.8) is 0 Å². The third-order valence-electron chi connectivity index (χ3n) is 2.97. The van der Waals surface area contributed by atoms with Gasteiger partial charge in [0.15, 0.2) is 5.78 Å². The van der Waals surface area contributed by atoms with Crippen molar-refractivity contribution < 1.29 is 9.53 Å². The highest BCUT2D eigenvalue weighted by Gasteiger charge is 2.15. The quantitative estimate of drug-likeness (QED) is 0.799. The van der Waals surface area contributed by atoms with Crippen LogP contribution in [0.1, 0.15) is 28.9 Å². The van der Waals surface area contributed by atoms with Gasteiger partial charge in [-0.05, 0) is 45.0 Å². The van der Waals surface area contributed by atoms with E-state index in [1.165, 1.54) is 0 Å². The highest BCUT2D eigenvalue weighted by Crippen LogP contribution is 2.08. The van der Waals surface area contributed by atoms with Gasteiger partial charge in [0.2, 0.25) is 0 Å². The standard InChI is InChI=1S/C13H18N2O2/c1-10-2-3-11(8-15-10)13(16)9-17-12-4-6-14-7-5-12/h2-3,8,12,14H,4-7,9H2,1H3. The molecule has 4 nitrogen and oxygen atoms in total. The molecule has 17 heavy (non-hydrogen) atoms. The lowest BCUT2D eigenvalue weighted by Gasteiger charge is -2.22. The lowest BCUT2D eigenvalue weighted by atomic mass is 10.1. The molecule has 1 aromatic rings. The van der Waals surface area contributed by atoms with E-state index in [-0.39, 0.29) is 18.5 Å². The van der Waals surface area contributed by atoms with Crippen LogP contribution in [-0.4, -0.2) is 36.6 Å². The van der Waals surface area contributed by atoms with Gasteiger partial charge in [-0.2, -0.15) is 0 Å². The Kier molecular flexibility index (Phi) is 4.23. The van der Waals surface area contributed by atoms with E-state index in [0.717, 1.165) is 31.6 Å². The predicted octanol–water partition coefficient (Wildman–Crippen LogP) is 1.34. The molecule has 0 amide bonds. The summed E-state index contributed by atoms with van der Waals surface area (Å²) < 4.78 is 5.61. The first-order valence-electron chi connectivity index (χ1n) is 6.04. The van der Waals surface area contributed by atoms with Crippen LogP contribution in [0, 0.1) is 6.92 Å². The van der Waals surface area contributed by atoms with E-state index in [2.05, 4.69) is 10.3 Å². The molecule has 0 atom stereocenters. The molecule has 0 aromatic carbocycles. The van der Waals surface area contributed by atoms with Crippen LogP contribution < -0.4 is 5.32 Å². The molecule has 1 fully saturated rings. The van der Waals surface area contributed by atoms with Crippen molar-refractivity contribution in [1.82, 2.24) is 10.3 Å². The Morgan fingerprint density at radius 1 is 1.47 bits per heavy atom. The summed E-state index contributed by atoms with van der Waals surface area (Å²) in [5, 5.41) is 3.27. The summed E-state index contributed by atoms with van der Waals surface area (Å²) in [6, 6.07) is 3.65. The summed E-state index contributed by atoms with van der Waals surface area (Å²) in [7, 11) is 0. The van der Waals surface area contributed by atoms with E-state index in [1.807, 2.05) is 13.0 Å². The van der Waals surface area contributed by atoms with Gasteiger partial charge in [-0.15, -0.1) is 0 Å². The molecular weight excluding hydrogens is 216 g/mol. The topological polar surface area (TPSA) is 51.2 Å². The molecule has 0 unspecified atom stereocenters. The van der Waals surface area contributed by atoms with Crippen molar-refractivity contribution in [3.05, 3.63) is 29.6 Å². The zero-order chi connectivity index (χ0) is 12.1. The van der Waals surface area contributed by atoms with Gasteiger partial charge >= 0.3 is 0 Å². The Hall–Kier alpha value is -1.26. The number of carbonyl (C=O) groups excluding carboxylic acids is 1. The number of rotatable bonds is 4. The molecule has 2 heterocycles. The Labute approximate surface area is 101 Å². The monoisotopic (exact) mass is 234 g/mol. The maximum atomic E-state index is 11.8. The highest BCUT2D eigenvalue weighted by molar-refractivity contribution is 5.96. The summed E-state index contributed by atoms with van der Waals surface area (Å²) >= 11 is 0. The Morgan fingerprint density at radius 2 is 2.24 bits per heavy atom. The average molecular weight is 234 g/mol. The van der Waals surface area contributed by atoms with Crippen LogP contribution >= 0.6 is 0 Å². The number of piperidine rings is 1. The number of aromatic nitrogens is 1. The summed E-state index contributed by atoms with van der Waals surface area (Å²) in [6.07, 6.45) is 3.81. The van der Waals surface area contributed by atoms with Gasteiger partial charge in [-0.1, -0.05) is 0 Å². The number of hydrogen-bond donors (Lipinski definition) is 1. The number of nitrogens with one attached hydrogen (secondary N) is 1. The van der Waals surface area contributed by atoms with Crippen molar-refractivity contribution in [2.45, 2.75) is 25.9 Å². The number of ether oxygens (including phenoxy) is 1. The van der Waals surface area contributed by atoms with Crippen molar-refractivity contribution in [2.75, 3.05) is 19.7 Å². The van der Waals surface area contributed by atoms with Crippen LogP contribution in [-0.2, 0) is 4.74 Å². The molecule has 92 valence electrons. The largest absolute Gasteiger partial charge is 0.370 e. The fraction of sp³-hybridized carbons (Fsp3) is 0.538. The van der Waals surface area contributed by atoms with Crippen molar-refractivity contribution >= 4 is 5.78 Å². The van der Waals surface area contributed by atoms with Gasteiger partial charge in [0, 0.05) is 17.5 Å². The van der Waals surface area contributed by atoms with E-state index in [1.54, 1.807) is 12.3 Å². The van der Waals surface area contributed by atoms with E-state index >= 15 is 0 Å². The molecule has 0 spiro atoms. The van der Waals surface area contributed by atoms with Crippen molar-refractivity contribution in [3.8, 4) is 0 Å². The predicted molar refractivity (Wildman–Crippen MR) is 65.1 cm³/mol. The zero-order valence-electron chi connectivity index (χ0n) is 10.1. The molecular formula is C13H18N2O2. The van der Waals surface area contributed by atoms with Crippen LogP contribution in [0.15, 0.2) is 18.3 Å². The molecule has 0 saturated carbocycles. The first-order valence-corrected chi connectivity index (χ1v) is 6.04. The Morgan fingerprint density at radius 3 is 2.88 bits per heavy atom. The van der Waals surface area contributed by atoms with Crippen LogP contribution in [0.2, 0.25) is 0 Å². The molecule has 1 aliphatic rings. The number of Topliss-reactive ketones (excluding diaryl/α,β-unsaturated/α-hetero) is 1. The number of aryl methyl sites for hydroxylation is 1. The van der Waals surface area contributed by atoms with Gasteiger partial charge < -0.3 is 10.1 Å². The van der Waals surface area contributed by atoms with Gasteiger partial charge in [-0.3, -0.25) is 9.78 Å². The minimum absolute atomic E-state index is 0.0102. The maximum Gasteiger partial charge on any atom is 0.190 e. The fourth-order valence-corrected chi connectivity index (χ4v) is 1.87. The van der Waals surface area contributed by atoms with Crippen molar-refractivity contribution in [2.24, 2.45) is 0 Å². The van der Waals surface area contributed by atoms with E-state index in [9.17, 15) is 4.79 Å². The third kappa shape index (κ3) is 3.61. The van der Waals surface area contributed by atoms with E-state index < -0.39 is 0 Å². The molecule has 0 aliphatic carbocycles. The molecule has 2 rings (SSSR count). The summed E-state index contributed by atoms with van der Waals surface area (Å²) in [6.45, 7) is 4.02. The van der Waals surface area contributed by atoms with Crippen LogP contribution in [0.25, 0.3) is 0 Å². The lowest BCUT2D eigenvalue weighted by molar-refractivity contribution is 0.0317. The molecule has 1 aromatic heterocycles. The molecule has 1 N–H and O–H groups in total. The third-order valence-corrected chi connectivity index (χ3v) is 2.97. The van der Waals surface area contributed by atoms with Gasteiger partial charge in [0.1, 0.15) is 6.61 Å². The number of pyridine rings is 1. The normalized spacial score (nSPS) is 17.0. The first-order chi connectivity index (χ1) is 8.25. The second kappa shape index (κ2) is 5.89. The van der Waals surface area contributed by atoms with E-state index in [0.29, 0.717) is 5.56 Å². The smallest absolute Gasteiger partial charge is 0.190 e. The summed E-state index contributed by atoms with van der Waals surface area (Å²) in [5.74, 6) is 0.0102. The molecule has 0 bridgehead atoms. The van der Waals surface area contributed by atoms with Crippen LogP contribution in [0.4, 0.5) is 0 Å². The van der Waals surface area contributed by atoms with Gasteiger partial charge in [-0.25, -0.2) is 0 Å².